The molecule has 0 radical (unpaired) electrons. The zero-order chi connectivity index (χ0) is 16.9. The van der Waals surface area contributed by atoms with Crippen LogP contribution < -0.4 is 5.32 Å². The second kappa shape index (κ2) is 4.64. The number of fused-ring (bicyclic) bond motifs is 1. The summed E-state index contributed by atoms with van der Waals surface area (Å²) in [4.78, 5) is 6.66. The fourth-order valence-electron chi connectivity index (χ4n) is 2.07. The zero-order valence-electron chi connectivity index (χ0n) is 11.2. The van der Waals surface area contributed by atoms with Crippen LogP contribution in [-0.4, -0.2) is 15.7 Å². The summed E-state index contributed by atoms with van der Waals surface area (Å²) in [6.45, 7) is 0. The molecule has 1 N–H and O–H groups in total. The number of aryl methyl sites for hydroxylation is 1. The van der Waals surface area contributed by atoms with E-state index in [1.807, 2.05) is 0 Å². The van der Waals surface area contributed by atoms with Crippen LogP contribution in [0.2, 0.25) is 5.28 Å². The van der Waals surface area contributed by atoms with Crippen molar-refractivity contribution in [3.05, 3.63) is 35.2 Å². The van der Waals surface area contributed by atoms with Crippen molar-refractivity contribution in [1.29, 1.82) is 0 Å². The molecule has 1 aliphatic heterocycles. The Morgan fingerprint density at radius 3 is 2.57 bits per heavy atom. The van der Waals surface area contributed by atoms with Crippen LogP contribution >= 0.6 is 33.6 Å². The molecule has 0 saturated heterocycles. The zero-order valence-corrected chi connectivity index (χ0v) is 13.6. The normalized spacial score (nSPS) is 17.3. The Labute approximate surface area is 137 Å². The summed E-state index contributed by atoms with van der Waals surface area (Å²) in [5, 5.41) is 2.56. The molecule has 2 aromatic rings. The van der Waals surface area contributed by atoms with Gasteiger partial charge >= 0.3 is 10.2 Å². The Hall–Kier alpha value is -1.26. The molecule has 2 heterocycles. The van der Waals surface area contributed by atoms with Gasteiger partial charge in [0.2, 0.25) is 5.28 Å². The van der Waals surface area contributed by atoms with Crippen LogP contribution in [0.1, 0.15) is 5.69 Å². The minimum absolute atomic E-state index is 0.0578. The number of nitrogens with zero attached hydrogens (tertiary/aromatic N) is 2. The highest BCUT2D eigenvalue weighted by molar-refractivity contribution is 8.45. The number of nitrogens with one attached hydrogen (secondary N) is 1. The number of anilines is 2. The number of rotatable bonds is 3. The molecule has 1 aromatic heterocycles. The Morgan fingerprint density at radius 2 is 1.87 bits per heavy atom. The standard InChI is InChI=1S/C12H9ClF5N3S2/c13-12-20-9-4-5-22-10(9)11(21-12)19-7-2-1-3-8(6-7)23(14,15,16,17)18/h1-3,6H,4-5H2,(H,19,20,21). The third-order valence-corrected chi connectivity index (χ3v) is 5.48. The van der Waals surface area contributed by atoms with E-state index in [1.165, 1.54) is 17.8 Å². The van der Waals surface area contributed by atoms with Crippen LogP contribution in [0.5, 0.6) is 0 Å². The molecule has 1 aliphatic rings. The maximum atomic E-state index is 12.9. The van der Waals surface area contributed by atoms with Gasteiger partial charge in [0.15, 0.2) is 0 Å². The van der Waals surface area contributed by atoms with E-state index in [0.29, 0.717) is 29.1 Å². The molecule has 1 aromatic carbocycles. The number of thioether (sulfide) groups is 1. The molecular formula is C12H9ClF5N3S2. The van der Waals surface area contributed by atoms with E-state index < -0.39 is 15.1 Å². The molecule has 3 nitrogen and oxygen atoms in total. The number of halogens is 6. The highest BCUT2D eigenvalue weighted by Crippen LogP contribution is 3.02. The first-order valence-corrected chi connectivity index (χ1v) is 9.54. The molecule has 0 saturated carbocycles. The minimum atomic E-state index is -9.73. The molecule has 0 amide bonds. The van der Waals surface area contributed by atoms with Crippen LogP contribution in [0.15, 0.2) is 34.1 Å². The van der Waals surface area contributed by atoms with Crippen molar-refractivity contribution in [2.45, 2.75) is 16.2 Å². The van der Waals surface area contributed by atoms with Gasteiger partial charge in [0, 0.05) is 17.9 Å². The number of hydrogen-bond acceptors (Lipinski definition) is 4. The van der Waals surface area contributed by atoms with Gasteiger partial charge in [-0.25, -0.2) is 4.98 Å². The Bertz CT molecular complexity index is 798. The highest BCUT2D eigenvalue weighted by Gasteiger charge is 2.65. The van der Waals surface area contributed by atoms with E-state index in [-0.39, 0.29) is 16.8 Å². The van der Waals surface area contributed by atoms with Gasteiger partial charge in [0.25, 0.3) is 0 Å². The van der Waals surface area contributed by atoms with Crippen LogP contribution in [0.25, 0.3) is 0 Å². The van der Waals surface area contributed by atoms with Gasteiger partial charge in [-0.15, -0.1) is 11.8 Å². The molecule has 0 fully saturated rings. The van der Waals surface area contributed by atoms with Gasteiger partial charge in [-0.3, -0.25) is 0 Å². The fourth-order valence-corrected chi connectivity index (χ4v) is 3.99. The third-order valence-electron chi connectivity index (χ3n) is 3.04. The van der Waals surface area contributed by atoms with Crippen LogP contribution in [0.4, 0.5) is 30.9 Å². The molecule has 0 aliphatic carbocycles. The van der Waals surface area contributed by atoms with E-state index in [0.717, 1.165) is 11.8 Å². The van der Waals surface area contributed by atoms with Crippen molar-refractivity contribution >= 4 is 45.1 Å². The predicted molar refractivity (Wildman–Crippen MR) is 82.6 cm³/mol. The van der Waals surface area contributed by atoms with Crippen LogP contribution in [-0.2, 0) is 6.42 Å². The SMILES string of the molecule is FS(F)(F)(F)(F)c1cccc(Nc2nc(Cl)nc3c2SCC3)c1. The van der Waals surface area contributed by atoms with Crippen molar-refractivity contribution in [1.82, 2.24) is 9.97 Å². The number of benzene rings is 1. The van der Waals surface area contributed by atoms with Crippen molar-refractivity contribution in [2.75, 3.05) is 11.1 Å². The molecule has 0 bridgehead atoms. The van der Waals surface area contributed by atoms with E-state index in [1.54, 1.807) is 0 Å². The lowest BCUT2D eigenvalue weighted by Crippen LogP contribution is -2.07. The van der Waals surface area contributed by atoms with Crippen LogP contribution in [0, 0.1) is 0 Å². The minimum Gasteiger partial charge on any atom is -0.339 e. The van der Waals surface area contributed by atoms with E-state index in [2.05, 4.69) is 15.3 Å². The Kier molecular flexibility index (Phi) is 3.35. The summed E-state index contributed by atoms with van der Waals surface area (Å²) in [6, 6.07) is 2.86. The van der Waals surface area contributed by atoms with Gasteiger partial charge in [-0.05, 0) is 29.8 Å². The van der Waals surface area contributed by atoms with Gasteiger partial charge in [0.1, 0.15) is 10.7 Å². The highest BCUT2D eigenvalue weighted by atomic mass is 35.5. The van der Waals surface area contributed by atoms with Crippen molar-refractivity contribution in [3.8, 4) is 0 Å². The first-order chi connectivity index (χ1) is 10.4. The maximum absolute atomic E-state index is 12.9. The summed E-state index contributed by atoms with van der Waals surface area (Å²) >= 11 is 7.20. The second-order valence-corrected chi connectivity index (χ2v) is 8.69. The van der Waals surface area contributed by atoms with E-state index in [4.69, 9.17) is 11.6 Å². The van der Waals surface area contributed by atoms with Crippen LogP contribution in [0.3, 0.4) is 0 Å². The number of aromatic nitrogens is 2. The summed E-state index contributed by atoms with van der Waals surface area (Å²) < 4.78 is 64.4. The largest absolute Gasteiger partial charge is 0.339 e. The Morgan fingerprint density at radius 1 is 1.13 bits per heavy atom. The van der Waals surface area contributed by atoms with E-state index in [9.17, 15) is 19.4 Å². The molecule has 0 atom stereocenters. The average molecular weight is 390 g/mol. The first kappa shape index (κ1) is 16.6. The van der Waals surface area contributed by atoms with Crippen molar-refractivity contribution < 1.29 is 19.4 Å². The van der Waals surface area contributed by atoms with Gasteiger partial charge in [-0.1, -0.05) is 25.5 Å². The summed E-state index contributed by atoms with van der Waals surface area (Å²) in [5.41, 5.74) is 0.529. The van der Waals surface area contributed by atoms with Gasteiger partial charge < -0.3 is 5.32 Å². The summed E-state index contributed by atoms with van der Waals surface area (Å²) in [5.74, 6) is 0.951. The predicted octanol–water partition coefficient (Wildman–Crippen LogP) is 6.18. The third kappa shape index (κ3) is 3.64. The lowest BCUT2D eigenvalue weighted by atomic mass is 10.3. The molecular weight excluding hydrogens is 381 g/mol. The Balaban J connectivity index is 2.00. The molecule has 0 unspecified atom stereocenters. The van der Waals surface area contributed by atoms with Gasteiger partial charge in [-0.2, -0.15) is 4.98 Å². The molecule has 11 heteroatoms. The average Bonchev–Trinajstić information content (AvgIpc) is 2.84. The molecule has 0 spiro atoms. The fraction of sp³-hybridized carbons (Fsp3) is 0.167. The lowest BCUT2D eigenvalue weighted by molar-refractivity contribution is 0.364. The quantitative estimate of drug-likeness (QED) is 0.502. The summed E-state index contributed by atoms with van der Waals surface area (Å²) in [7, 11) is -9.73. The maximum Gasteiger partial charge on any atom is 0.310 e. The first-order valence-electron chi connectivity index (χ1n) is 6.23. The monoisotopic (exact) mass is 389 g/mol. The smallest absolute Gasteiger partial charge is 0.310 e. The van der Waals surface area contributed by atoms with Gasteiger partial charge in [0.05, 0.1) is 10.6 Å². The van der Waals surface area contributed by atoms with E-state index >= 15 is 0 Å². The second-order valence-electron chi connectivity index (χ2n) is 4.84. The summed E-state index contributed by atoms with van der Waals surface area (Å²) in [6.07, 6.45) is 0.655. The van der Waals surface area contributed by atoms with Crippen molar-refractivity contribution in [2.24, 2.45) is 0 Å². The number of hydrogen-bond donors (Lipinski definition) is 1. The molecule has 3 rings (SSSR count). The topological polar surface area (TPSA) is 37.8 Å². The molecule has 126 valence electrons. The molecule has 23 heavy (non-hydrogen) atoms. The van der Waals surface area contributed by atoms with Crippen molar-refractivity contribution in [3.63, 3.8) is 0 Å². The lowest BCUT2D eigenvalue weighted by Gasteiger charge is -2.40.